The lowest BCUT2D eigenvalue weighted by Crippen LogP contribution is -1.98. The maximum absolute atomic E-state index is 6.00. The van der Waals surface area contributed by atoms with Crippen molar-refractivity contribution in [3.63, 3.8) is 0 Å². The fraction of sp³-hybridized carbons (Fsp3) is 0.143. The summed E-state index contributed by atoms with van der Waals surface area (Å²) in [4.78, 5) is 12.3. The fourth-order valence-electron chi connectivity index (χ4n) is 1.88. The van der Waals surface area contributed by atoms with Gasteiger partial charge in [0.05, 0.1) is 11.1 Å². The van der Waals surface area contributed by atoms with Gasteiger partial charge in [-0.25, -0.2) is 9.97 Å². The van der Waals surface area contributed by atoms with Gasteiger partial charge < -0.3 is 5.73 Å². The van der Waals surface area contributed by atoms with E-state index in [1.807, 2.05) is 18.2 Å². The summed E-state index contributed by atoms with van der Waals surface area (Å²) in [7, 11) is 0. The van der Waals surface area contributed by atoms with Gasteiger partial charge in [0, 0.05) is 14.2 Å². The molecule has 2 aromatic heterocycles. The van der Waals surface area contributed by atoms with Crippen molar-refractivity contribution in [1.29, 1.82) is 0 Å². The van der Waals surface area contributed by atoms with E-state index in [0.717, 1.165) is 20.5 Å². The van der Waals surface area contributed by atoms with Crippen LogP contribution >= 0.6 is 39.0 Å². The lowest BCUT2D eigenvalue weighted by atomic mass is 10.3. The maximum Gasteiger partial charge on any atom is 0.142 e. The molecule has 0 saturated carbocycles. The standard InChI is InChI=1S/C14H12BrN3S2/c1-8-5-11-13(16)17-12(18-14(11)20-8)7-19-10-4-2-3-9(15)6-10/h2-6H,7H2,1H3,(H2,16,17,18). The normalized spacial score (nSPS) is 11.1. The molecule has 2 N–H and O–H groups in total. The molecule has 102 valence electrons. The van der Waals surface area contributed by atoms with Crippen molar-refractivity contribution >= 4 is 55.1 Å². The second kappa shape index (κ2) is 5.71. The zero-order valence-corrected chi connectivity index (χ0v) is 14.0. The Morgan fingerprint density at radius 2 is 2.15 bits per heavy atom. The van der Waals surface area contributed by atoms with Crippen LogP contribution in [0.5, 0.6) is 0 Å². The highest BCUT2D eigenvalue weighted by atomic mass is 79.9. The van der Waals surface area contributed by atoms with Crippen LogP contribution in [0.25, 0.3) is 10.2 Å². The van der Waals surface area contributed by atoms with Crippen LogP contribution in [0.15, 0.2) is 39.7 Å². The summed E-state index contributed by atoms with van der Waals surface area (Å²) < 4.78 is 1.08. The van der Waals surface area contributed by atoms with Crippen molar-refractivity contribution in [2.45, 2.75) is 17.6 Å². The zero-order valence-electron chi connectivity index (χ0n) is 10.8. The molecule has 0 bridgehead atoms. The van der Waals surface area contributed by atoms with E-state index in [0.29, 0.717) is 11.6 Å². The molecule has 2 heterocycles. The van der Waals surface area contributed by atoms with Crippen LogP contribution in [0.3, 0.4) is 0 Å². The van der Waals surface area contributed by atoms with Crippen molar-refractivity contribution in [2.24, 2.45) is 0 Å². The second-order valence-electron chi connectivity index (χ2n) is 4.35. The molecule has 0 unspecified atom stereocenters. The number of fused-ring (bicyclic) bond motifs is 1. The monoisotopic (exact) mass is 365 g/mol. The van der Waals surface area contributed by atoms with Gasteiger partial charge in [-0.2, -0.15) is 0 Å². The Bertz CT molecular complexity index is 770. The molecule has 3 nitrogen and oxygen atoms in total. The average Bonchev–Trinajstić information content (AvgIpc) is 2.78. The SMILES string of the molecule is Cc1cc2c(N)nc(CSc3cccc(Br)c3)nc2s1. The van der Waals surface area contributed by atoms with E-state index >= 15 is 0 Å². The van der Waals surface area contributed by atoms with Crippen LogP contribution in [0.4, 0.5) is 5.82 Å². The molecule has 0 atom stereocenters. The number of nitrogens with two attached hydrogens (primary N) is 1. The largest absolute Gasteiger partial charge is 0.383 e. The lowest BCUT2D eigenvalue weighted by Gasteiger charge is -2.03. The van der Waals surface area contributed by atoms with Gasteiger partial charge in [0.15, 0.2) is 0 Å². The molecule has 0 spiro atoms. The topological polar surface area (TPSA) is 51.8 Å². The van der Waals surface area contributed by atoms with E-state index in [1.165, 1.54) is 9.77 Å². The molecule has 20 heavy (non-hydrogen) atoms. The zero-order chi connectivity index (χ0) is 14.1. The van der Waals surface area contributed by atoms with Crippen LogP contribution in [-0.4, -0.2) is 9.97 Å². The number of hydrogen-bond acceptors (Lipinski definition) is 5. The number of aryl methyl sites for hydroxylation is 1. The van der Waals surface area contributed by atoms with Crippen molar-refractivity contribution in [2.75, 3.05) is 5.73 Å². The second-order valence-corrected chi connectivity index (χ2v) is 7.55. The smallest absolute Gasteiger partial charge is 0.142 e. The number of halogens is 1. The van der Waals surface area contributed by atoms with E-state index in [-0.39, 0.29) is 0 Å². The predicted octanol–water partition coefficient (Wildman–Crippen LogP) is 4.64. The molecule has 1 aromatic carbocycles. The molecule has 6 heteroatoms. The first-order chi connectivity index (χ1) is 9.61. The Kier molecular flexibility index (Phi) is 3.96. The summed E-state index contributed by atoms with van der Waals surface area (Å²) in [6.07, 6.45) is 0. The van der Waals surface area contributed by atoms with Crippen molar-refractivity contribution in [1.82, 2.24) is 9.97 Å². The van der Waals surface area contributed by atoms with E-state index in [2.05, 4.69) is 45.0 Å². The minimum Gasteiger partial charge on any atom is -0.383 e. The van der Waals surface area contributed by atoms with E-state index in [9.17, 15) is 0 Å². The molecule has 0 aliphatic heterocycles. The maximum atomic E-state index is 6.00. The van der Waals surface area contributed by atoms with Gasteiger partial charge in [0.1, 0.15) is 16.5 Å². The third-order valence-electron chi connectivity index (χ3n) is 2.76. The van der Waals surface area contributed by atoms with E-state index in [4.69, 9.17) is 5.73 Å². The number of rotatable bonds is 3. The summed E-state index contributed by atoms with van der Waals surface area (Å²) in [5.41, 5.74) is 6.00. The van der Waals surface area contributed by atoms with Crippen LogP contribution in [-0.2, 0) is 5.75 Å². The Morgan fingerprint density at radius 1 is 1.30 bits per heavy atom. The number of thiophene rings is 1. The number of benzene rings is 1. The minimum atomic E-state index is 0.573. The molecule has 0 aliphatic rings. The molecule has 0 fully saturated rings. The van der Waals surface area contributed by atoms with Gasteiger partial charge in [0.2, 0.25) is 0 Å². The molecule has 3 aromatic rings. The summed E-state index contributed by atoms with van der Waals surface area (Å²) in [5.74, 6) is 2.07. The summed E-state index contributed by atoms with van der Waals surface area (Å²) in [6, 6.07) is 10.2. The van der Waals surface area contributed by atoms with Crippen molar-refractivity contribution < 1.29 is 0 Å². The van der Waals surface area contributed by atoms with Gasteiger partial charge in [-0.15, -0.1) is 23.1 Å². The van der Waals surface area contributed by atoms with Gasteiger partial charge in [0.25, 0.3) is 0 Å². The van der Waals surface area contributed by atoms with Gasteiger partial charge in [-0.05, 0) is 31.2 Å². The summed E-state index contributed by atoms with van der Waals surface area (Å²) >= 11 is 6.83. The van der Waals surface area contributed by atoms with Gasteiger partial charge in [-0.1, -0.05) is 22.0 Å². The molecule has 0 aliphatic carbocycles. The lowest BCUT2D eigenvalue weighted by molar-refractivity contribution is 1.08. The Hall–Kier alpha value is -1.11. The number of anilines is 1. The number of aromatic nitrogens is 2. The molecular weight excluding hydrogens is 354 g/mol. The summed E-state index contributed by atoms with van der Waals surface area (Å²) in [6.45, 7) is 2.06. The Balaban J connectivity index is 1.84. The van der Waals surface area contributed by atoms with E-state index < -0.39 is 0 Å². The van der Waals surface area contributed by atoms with Crippen LogP contribution in [0.2, 0.25) is 0 Å². The minimum absolute atomic E-state index is 0.573. The van der Waals surface area contributed by atoms with Crippen LogP contribution in [0, 0.1) is 6.92 Å². The summed E-state index contributed by atoms with van der Waals surface area (Å²) in [5, 5.41) is 0.962. The van der Waals surface area contributed by atoms with Gasteiger partial charge in [-0.3, -0.25) is 0 Å². The first-order valence-electron chi connectivity index (χ1n) is 6.03. The number of nitrogen functional groups attached to an aromatic ring is 1. The van der Waals surface area contributed by atoms with Gasteiger partial charge >= 0.3 is 0 Å². The van der Waals surface area contributed by atoms with E-state index in [1.54, 1.807) is 23.1 Å². The molecule has 0 saturated heterocycles. The van der Waals surface area contributed by atoms with Crippen LogP contribution in [0.1, 0.15) is 10.7 Å². The third kappa shape index (κ3) is 2.97. The third-order valence-corrected chi connectivity index (χ3v) is 5.18. The van der Waals surface area contributed by atoms with Crippen molar-refractivity contribution in [3.8, 4) is 0 Å². The number of thioether (sulfide) groups is 1. The Morgan fingerprint density at radius 3 is 2.95 bits per heavy atom. The quantitative estimate of drug-likeness (QED) is 0.687. The highest BCUT2D eigenvalue weighted by Crippen LogP contribution is 2.29. The highest BCUT2D eigenvalue weighted by Gasteiger charge is 2.08. The number of hydrogen-bond donors (Lipinski definition) is 1. The van der Waals surface area contributed by atoms with Crippen molar-refractivity contribution in [3.05, 3.63) is 45.5 Å². The predicted molar refractivity (Wildman–Crippen MR) is 90.3 cm³/mol. The van der Waals surface area contributed by atoms with Crippen LogP contribution < -0.4 is 5.73 Å². The molecular formula is C14H12BrN3S2. The molecule has 0 radical (unpaired) electrons. The molecule has 0 amide bonds. The highest BCUT2D eigenvalue weighted by molar-refractivity contribution is 9.10. The average molecular weight is 366 g/mol. The fourth-order valence-corrected chi connectivity index (χ4v) is 4.15. The number of nitrogens with zero attached hydrogens (tertiary/aromatic N) is 2. The first kappa shape index (κ1) is 13.9. The first-order valence-corrected chi connectivity index (χ1v) is 8.62. The molecule has 3 rings (SSSR count). The Labute approximate surface area is 133 Å².